The summed E-state index contributed by atoms with van der Waals surface area (Å²) in [4.78, 5) is 100. The van der Waals surface area contributed by atoms with Gasteiger partial charge in [-0.3, -0.25) is 28.9 Å². The van der Waals surface area contributed by atoms with Crippen molar-refractivity contribution in [1.82, 2.24) is 35.3 Å². The predicted octanol–water partition coefficient (Wildman–Crippen LogP) is 10.5. The Morgan fingerprint density at radius 2 is 1.13 bits per heavy atom. The number of carbonyl (C=O) groups excluding carboxylic acids is 6. The molecule has 2 saturated heterocycles. The minimum atomic E-state index is -1.06. The molecule has 3 unspecified atom stereocenters. The van der Waals surface area contributed by atoms with Crippen molar-refractivity contribution in [2.45, 2.75) is 154 Å². The van der Waals surface area contributed by atoms with Crippen LogP contribution in [0.15, 0.2) is 95.7 Å². The number of nitrogens with one attached hydrogen (secondary N) is 2. The summed E-state index contributed by atoms with van der Waals surface area (Å²) in [5.74, 6) is -0.696. The molecule has 4 heterocycles. The van der Waals surface area contributed by atoms with Crippen LogP contribution in [0.1, 0.15) is 134 Å². The second kappa shape index (κ2) is 27.4. The zero-order valence-corrected chi connectivity index (χ0v) is 49.7. The number of fused-ring (bicyclic) bond motifs is 2. The zero-order chi connectivity index (χ0) is 58.8. The Morgan fingerprint density at radius 1 is 0.683 bits per heavy atom. The third-order valence-corrected chi connectivity index (χ3v) is 18.2. The average molecular weight is 1160 g/mol. The lowest BCUT2D eigenvalue weighted by molar-refractivity contribution is -0.142. The molecule has 82 heavy (non-hydrogen) atoms. The molecule has 4 aromatic carbocycles. The van der Waals surface area contributed by atoms with Gasteiger partial charge < -0.3 is 36.0 Å². The maximum Gasteiger partial charge on any atom is 0.410 e. The molecule has 17 nitrogen and oxygen atoms in total. The largest absolute Gasteiger partial charge is 0.480 e. The number of nitrogens with zero attached hydrogens (tertiary/aromatic N) is 5. The predicted molar refractivity (Wildman–Crippen MR) is 321 cm³/mol. The lowest BCUT2D eigenvalue weighted by atomic mass is 9.82. The van der Waals surface area contributed by atoms with Crippen LogP contribution in [0.5, 0.6) is 0 Å². The average Bonchev–Trinajstić information content (AvgIpc) is 4.42. The molecule has 10 rings (SSSR count). The monoisotopic (exact) mass is 1150 g/mol. The quantitative estimate of drug-likeness (QED) is 0.0843. The van der Waals surface area contributed by atoms with E-state index in [0.29, 0.717) is 50.9 Å². The van der Waals surface area contributed by atoms with Gasteiger partial charge >= 0.3 is 12.1 Å². The lowest BCUT2D eigenvalue weighted by Gasteiger charge is -2.34. The molecule has 2 aliphatic heterocycles. The van der Waals surface area contributed by atoms with E-state index in [0.717, 1.165) is 87.9 Å². The normalized spacial score (nSPS) is 19.3. The zero-order valence-electron chi connectivity index (χ0n) is 48.1. The lowest BCUT2D eigenvalue weighted by Crippen LogP contribution is -2.55. The molecule has 0 bridgehead atoms. The third-order valence-electron chi connectivity index (χ3n) is 16.3. The second-order valence-corrected chi connectivity index (χ2v) is 24.7. The van der Waals surface area contributed by atoms with Crippen molar-refractivity contribution < 1.29 is 43.4 Å². The maximum atomic E-state index is 14.0. The molecule has 19 heteroatoms. The highest BCUT2D eigenvalue weighted by Crippen LogP contribution is 2.41. The number of rotatable bonds is 13. The van der Waals surface area contributed by atoms with Gasteiger partial charge in [-0.1, -0.05) is 84.9 Å². The number of hydrogen-bond acceptors (Lipinski definition) is 14. The van der Waals surface area contributed by atoms with Crippen LogP contribution in [0, 0.1) is 11.8 Å². The van der Waals surface area contributed by atoms with Gasteiger partial charge in [0.2, 0.25) is 17.7 Å². The number of aromatic nitrogens is 2. The first kappa shape index (κ1) is 61.1. The van der Waals surface area contributed by atoms with Crippen LogP contribution in [-0.2, 0) is 33.5 Å². The van der Waals surface area contributed by atoms with E-state index >= 15 is 0 Å². The number of likely N-dealkylation sites (N-methyl/N-ethyl adjacent to an activating group) is 2. The summed E-state index contributed by atoms with van der Waals surface area (Å²) >= 11 is 3.22. The van der Waals surface area contributed by atoms with E-state index in [1.165, 1.54) is 30.1 Å². The van der Waals surface area contributed by atoms with Gasteiger partial charge in [0.05, 0.1) is 35.6 Å². The fraction of sp³-hybridized carbons (Fsp3) is 0.476. The van der Waals surface area contributed by atoms with E-state index < -0.39 is 41.8 Å². The smallest absolute Gasteiger partial charge is 0.410 e. The highest BCUT2D eigenvalue weighted by atomic mass is 32.1. The Hall–Kier alpha value is -6.93. The van der Waals surface area contributed by atoms with Crippen LogP contribution in [-0.4, -0.2) is 128 Å². The van der Waals surface area contributed by atoms with E-state index in [2.05, 4.69) is 88.1 Å². The molecule has 2 saturated carbocycles. The van der Waals surface area contributed by atoms with Gasteiger partial charge in [-0.2, -0.15) is 0 Å². The van der Waals surface area contributed by atoms with Gasteiger partial charge in [-0.15, -0.1) is 22.7 Å². The van der Waals surface area contributed by atoms with Crippen LogP contribution >= 0.6 is 22.7 Å². The van der Waals surface area contributed by atoms with Crippen molar-refractivity contribution in [3.63, 3.8) is 0 Å². The van der Waals surface area contributed by atoms with E-state index in [1.807, 2.05) is 28.0 Å². The number of benzene rings is 4. The summed E-state index contributed by atoms with van der Waals surface area (Å²) in [6.45, 7) is 9.76. The van der Waals surface area contributed by atoms with Gasteiger partial charge in [-0.05, 0) is 126 Å². The van der Waals surface area contributed by atoms with Crippen LogP contribution in [0.3, 0.4) is 0 Å². The first-order valence-electron chi connectivity index (χ1n) is 28.7. The van der Waals surface area contributed by atoms with E-state index in [1.54, 1.807) is 57.4 Å². The number of likely N-dealkylation sites (tertiary alicyclic amines) is 2. The molecule has 436 valence electrons. The highest BCUT2D eigenvalue weighted by Gasteiger charge is 2.42. The van der Waals surface area contributed by atoms with Crippen molar-refractivity contribution in [2.75, 3.05) is 27.2 Å². The van der Waals surface area contributed by atoms with Crippen LogP contribution in [0.4, 0.5) is 4.79 Å². The number of ether oxygens (including phenoxy) is 1. The molecule has 0 radical (unpaired) electrons. The Morgan fingerprint density at radius 3 is 1.60 bits per heavy atom. The summed E-state index contributed by atoms with van der Waals surface area (Å²) in [7, 11) is 3.12. The second-order valence-electron chi connectivity index (χ2n) is 23.0. The fourth-order valence-corrected chi connectivity index (χ4v) is 13.2. The van der Waals surface area contributed by atoms with Gasteiger partial charge in [0, 0.05) is 67.7 Å². The minimum absolute atomic E-state index is 0.00232. The van der Waals surface area contributed by atoms with Gasteiger partial charge in [0.25, 0.3) is 0 Å². The molecule has 6 atom stereocenters. The number of carboxylic acid groups (broad SMARTS) is 1. The van der Waals surface area contributed by atoms with Gasteiger partial charge in [-0.25, -0.2) is 19.6 Å². The summed E-state index contributed by atoms with van der Waals surface area (Å²) < 4.78 is 4.99. The topological polar surface area (TPSA) is 235 Å². The minimum Gasteiger partial charge on any atom is -0.480 e. The van der Waals surface area contributed by atoms with Gasteiger partial charge in [0.1, 0.15) is 39.3 Å². The van der Waals surface area contributed by atoms with Crippen molar-refractivity contribution in [2.24, 2.45) is 17.6 Å². The molecule has 4 amide bonds. The molecule has 2 aliphatic carbocycles. The third kappa shape index (κ3) is 14.8. The van der Waals surface area contributed by atoms with E-state index in [9.17, 15) is 33.6 Å². The van der Waals surface area contributed by atoms with E-state index in [4.69, 9.17) is 25.5 Å². The standard InChI is InChI=1S/C29H34N4O3S.C25H27N3O2S.C9H17NO4/c1-18(30-2)27(35)32-26(20-12-14-21(34)15-13-20)29(36)33-16-6-11-25(33)28-31-24(17-37-28)23-10-5-8-19-7-3-4-9-22(19)23;26-23(17-10-12-18(29)13-11-17)25(30)28-14-4-9-22(28)24-27-21(15-31-24)20-8-3-6-16-5-1-2-7-19(16)20;1-6(7(11)12)10(5)8(13)14-9(2,3)4/h3-5,7-10,17-18,20,25-26,30H,6,11-16H2,1-2H3,(H,32,35);1-3,5-8,15,17,22-23H,4,9-14,26H2;6H,1-5H3,(H,11,12)/t18-,25?,26-;;6-/m0.0/s1. The van der Waals surface area contributed by atoms with Crippen molar-refractivity contribution in [3.8, 4) is 22.5 Å². The molecular formula is C63H78N8O9S2. The number of amides is 4. The number of carboxylic acids is 1. The number of nitrogens with two attached hydrogens (primary N) is 1. The van der Waals surface area contributed by atoms with Crippen LogP contribution in [0.2, 0.25) is 0 Å². The summed E-state index contributed by atoms with van der Waals surface area (Å²) in [6.07, 6.45) is 7.76. The molecule has 0 spiro atoms. The summed E-state index contributed by atoms with van der Waals surface area (Å²) in [6, 6.07) is 26.6. The Bertz CT molecular complexity index is 3230. The Balaban J connectivity index is 0.000000177. The SMILES string of the molecule is CN[C@@H](C)C(=O)N[C@H](C(=O)N1CCCC1c1nc(-c2cccc3ccccc23)cs1)C1CCC(=O)CC1.C[C@@H](C(=O)O)N(C)C(=O)OC(C)(C)C.NC(C(=O)N1CCCC1c1nc(-c2cccc3ccccc23)cs1)C1CCC(=O)CC1. The molecule has 5 N–H and O–H groups in total. The summed E-state index contributed by atoms with van der Waals surface area (Å²) in [5, 5.41) is 25.5. The molecule has 2 aromatic heterocycles. The first-order valence-corrected chi connectivity index (χ1v) is 30.4. The number of aliphatic carboxylic acids is 1. The molecule has 4 aliphatic rings. The summed E-state index contributed by atoms with van der Waals surface area (Å²) in [5.41, 5.74) is 9.90. The number of Topliss-reactive ketones (excluding diaryl/α,β-unsaturated/α-hetero) is 2. The van der Waals surface area contributed by atoms with Crippen molar-refractivity contribution in [1.29, 1.82) is 0 Å². The van der Waals surface area contributed by atoms with Crippen molar-refractivity contribution in [3.05, 3.63) is 106 Å². The number of thiazole rings is 2. The van der Waals surface area contributed by atoms with Crippen LogP contribution in [0.25, 0.3) is 44.1 Å². The van der Waals surface area contributed by atoms with Gasteiger partial charge in [0.15, 0.2) is 0 Å². The molecule has 4 fully saturated rings. The number of ketones is 2. The Labute approximate surface area is 488 Å². The number of carbonyl (C=O) groups is 7. The van der Waals surface area contributed by atoms with E-state index in [-0.39, 0.29) is 47.4 Å². The van der Waals surface area contributed by atoms with Crippen molar-refractivity contribution >= 4 is 85.6 Å². The molecule has 6 aromatic rings. The fourth-order valence-electron chi connectivity index (χ4n) is 11.2. The molecular weight excluding hydrogens is 1080 g/mol. The maximum absolute atomic E-state index is 14.0. The number of hydrogen-bond donors (Lipinski definition) is 4. The Kier molecular flexibility index (Phi) is 20.5. The first-order chi connectivity index (χ1) is 39.2. The highest BCUT2D eigenvalue weighted by molar-refractivity contribution is 7.10. The van der Waals surface area contributed by atoms with Crippen LogP contribution < -0.4 is 16.4 Å².